The van der Waals surface area contributed by atoms with Gasteiger partial charge in [0.2, 0.25) is 0 Å². The summed E-state index contributed by atoms with van der Waals surface area (Å²) in [7, 11) is 9.27. The summed E-state index contributed by atoms with van der Waals surface area (Å²) in [6.07, 6.45) is 0. The Bertz CT molecular complexity index is 185. The van der Waals surface area contributed by atoms with Gasteiger partial charge in [-0.05, 0) is 0 Å². The van der Waals surface area contributed by atoms with Crippen molar-refractivity contribution in [3.05, 3.63) is 10.4 Å². The van der Waals surface area contributed by atoms with E-state index >= 15 is 0 Å². The van der Waals surface area contributed by atoms with Crippen LogP contribution in [0.15, 0.2) is 4.88 Å². The van der Waals surface area contributed by atoms with Crippen LogP contribution in [-0.4, -0.2) is 56.3 Å². The van der Waals surface area contributed by atoms with E-state index in [1.165, 1.54) is 0 Å². The summed E-state index contributed by atoms with van der Waals surface area (Å²) < 4.78 is 5.98. The van der Waals surface area contributed by atoms with Crippen LogP contribution >= 0.6 is 7.87 Å². The van der Waals surface area contributed by atoms with Crippen LogP contribution in [0.3, 0.4) is 0 Å². The van der Waals surface area contributed by atoms with Crippen LogP contribution in [0.5, 0.6) is 0 Å². The quantitative estimate of drug-likeness (QED) is 0.302. The fourth-order valence-electron chi connectivity index (χ4n) is 1.53. The van der Waals surface area contributed by atoms with Crippen LogP contribution < -0.4 is 0 Å². The van der Waals surface area contributed by atoms with E-state index in [4.69, 9.17) is 5.53 Å². The third-order valence-corrected chi connectivity index (χ3v) is 5.94. The van der Waals surface area contributed by atoms with Crippen molar-refractivity contribution < 1.29 is 0 Å². The zero-order valence-electron chi connectivity index (χ0n) is 9.18. The van der Waals surface area contributed by atoms with Gasteiger partial charge in [0.05, 0.1) is 0 Å². The number of hydrogen-bond acceptors (Lipinski definition) is 4. The Labute approximate surface area is 80.3 Å². The molecule has 0 amide bonds. The fraction of sp³-hybridized carbons (Fsp3) is 1.00. The summed E-state index contributed by atoms with van der Waals surface area (Å²) in [5.41, 5.74) is 8.56. The van der Waals surface area contributed by atoms with Gasteiger partial charge in [-0.15, -0.1) is 0 Å². The van der Waals surface area contributed by atoms with Gasteiger partial charge in [0.25, 0.3) is 0 Å². The van der Waals surface area contributed by atoms with Crippen molar-refractivity contribution in [1.82, 2.24) is 14.0 Å². The van der Waals surface area contributed by atoms with E-state index in [9.17, 15) is 0 Å². The number of hydrogen-bond donors (Lipinski definition) is 0. The van der Waals surface area contributed by atoms with Crippen LogP contribution in [0, 0.1) is 0 Å². The van der Waals surface area contributed by atoms with Gasteiger partial charge in [0.1, 0.15) is 0 Å². The summed E-state index contributed by atoms with van der Waals surface area (Å²) in [5.74, 6) is 0. The Kier molecular flexibility index (Phi) is 4.61. The molecule has 0 radical (unpaired) electrons. The van der Waals surface area contributed by atoms with E-state index in [-0.39, 0.29) is 0 Å². The molecule has 0 aliphatic carbocycles. The number of azide groups is 1. The molecule has 0 aliphatic heterocycles. The van der Waals surface area contributed by atoms with Crippen molar-refractivity contribution >= 4 is 7.87 Å². The molecule has 0 aromatic rings. The van der Waals surface area contributed by atoms with Crippen molar-refractivity contribution in [1.29, 1.82) is 0 Å². The van der Waals surface area contributed by atoms with E-state index in [2.05, 4.69) is 9.80 Å². The zero-order chi connectivity index (χ0) is 10.6. The number of rotatable bonds is 4. The normalized spacial score (nSPS) is 13.6. The molecular formula is C6H19N6P. The van der Waals surface area contributed by atoms with Crippen molar-refractivity contribution in [2.45, 2.75) is 0 Å². The van der Waals surface area contributed by atoms with Gasteiger partial charge >= 0.3 is 79.5 Å². The van der Waals surface area contributed by atoms with Gasteiger partial charge in [0.15, 0.2) is 0 Å². The Morgan fingerprint density at radius 2 is 1.23 bits per heavy atom. The molecule has 0 rings (SSSR count). The molecule has 0 aliphatic rings. The molecule has 0 saturated heterocycles. The molecule has 0 fully saturated rings. The first-order chi connectivity index (χ1) is 5.89. The second kappa shape index (κ2) is 4.74. The predicted octanol–water partition coefficient (Wildman–Crippen LogP) is 1.39. The van der Waals surface area contributed by atoms with Crippen LogP contribution in [0.1, 0.15) is 0 Å². The van der Waals surface area contributed by atoms with Gasteiger partial charge in [-0.3, -0.25) is 0 Å². The maximum atomic E-state index is 8.56. The summed E-state index contributed by atoms with van der Waals surface area (Å²) in [6, 6.07) is 0. The third-order valence-electron chi connectivity index (χ3n) is 1.98. The standard InChI is InChI=1S/C6H19N6P/c1-10(2)13(9-8-7,11(3)4)12(5)6/h13H,1-6H3. The molecule has 7 heteroatoms. The Balaban J connectivity index is 5.17. The molecule has 0 heterocycles. The van der Waals surface area contributed by atoms with Crippen molar-refractivity contribution in [2.24, 2.45) is 4.88 Å². The maximum absolute atomic E-state index is 8.56. The molecule has 13 heavy (non-hydrogen) atoms. The van der Waals surface area contributed by atoms with E-state index in [0.717, 1.165) is 0 Å². The molecule has 0 bridgehead atoms. The summed E-state index contributed by atoms with van der Waals surface area (Å²) in [4.78, 5) is 6.89. The summed E-state index contributed by atoms with van der Waals surface area (Å²) in [6.45, 7) is 0. The van der Waals surface area contributed by atoms with Crippen LogP contribution in [0.4, 0.5) is 0 Å². The second-order valence-electron chi connectivity index (χ2n) is 3.47. The molecule has 0 atom stereocenters. The van der Waals surface area contributed by atoms with Crippen LogP contribution in [0.2, 0.25) is 0 Å². The van der Waals surface area contributed by atoms with Crippen LogP contribution in [-0.2, 0) is 0 Å². The van der Waals surface area contributed by atoms with E-state index in [1.54, 1.807) is 0 Å². The van der Waals surface area contributed by atoms with Crippen molar-refractivity contribution in [3.63, 3.8) is 0 Å². The average Bonchev–Trinajstić information content (AvgIpc) is 1.97. The predicted molar refractivity (Wildman–Crippen MR) is 58.5 cm³/mol. The first-order valence-corrected chi connectivity index (χ1v) is 5.77. The van der Waals surface area contributed by atoms with Gasteiger partial charge in [0, 0.05) is 0 Å². The third kappa shape index (κ3) is 2.30. The molecule has 78 valence electrons. The topological polar surface area (TPSA) is 58.5 Å². The van der Waals surface area contributed by atoms with Gasteiger partial charge in [-0.2, -0.15) is 0 Å². The average molecular weight is 206 g/mol. The minimum atomic E-state index is -2.32. The monoisotopic (exact) mass is 206 g/mol. The number of nitrogens with zero attached hydrogens (tertiary/aromatic N) is 6. The Hall–Kier alpha value is -0.380. The Morgan fingerprint density at radius 3 is 1.31 bits per heavy atom. The second-order valence-corrected chi connectivity index (χ2v) is 7.56. The molecule has 0 spiro atoms. The Morgan fingerprint density at radius 1 is 0.923 bits per heavy atom. The van der Waals surface area contributed by atoms with Gasteiger partial charge < -0.3 is 0 Å². The summed E-state index contributed by atoms with van der Waals surface area (Å²) >= 11 is 0. The molecule has 0 saturated carbocycles. The van der Waals surface area contributed by atoms with Gasteiger partial charge in [-0.25, -0.2) is 0 Å². The van der Waals surface area contributed by atoms with Crippen molar-refractivity contribution in [2.75, 3.05) is 42.3 Å². The van der Waals surface area contributed by atoms with E-state index in [1.807, 2.05) is 56.3 Å². The SMILES string of the molecule is CN(C)[PH](N=[N+]=[N-])(N(C)C)N(C)C. The van der Waals surface area contributed by atoms with E-state index < -0.39 is 7.87 Å². The molecule has 0 N–H and O–H groups in total. The molecule has 6 nitrogen and oxygen atoms in total. The van der Waals surface area contributed by atoms with Crippen molar-refractivity contribution in [3.8, 4) is 0 Å². The van der Waals surface area contributed by atoms with Gasteiger partial charge in [-0.1, -0.05) is 0 Å². The molecule has 0 aromatic heterocycles. The summed E-state index contributed by atoms with van der Waals surface area (Å²) in [5, 5.41) is 0. The first-order valence-electron chi connectivity index (χ1n) is 3.98. The molecule has 0 unspecified atom stereocenters. The molecular weight excluding hydrogens is 187 g/mol. The molecule has 0 aromatic carbocycles. The van der Waals surface area contributed by atoms with E-state index in [0.29, 0.717) is 0 Å². The minimum absolute atomic E-state index is 1.93. The fourth-order valence-corrected chi connectivity index (χ4v) is 4.58. The first kappa shape index (κ1) is 12.6. The zero-order valence-corrected chi connectivity index (χ0v) is 10.2. The van der Waals surface area contributed by atoms with Crippen LogP contribution in [0.25, 0.3) is 10.4 Å².